The number of rotatable bonds is 4. The minimum Gasteiger partial charge on any atom is -0.479 e. The summed E-state index contributed by atoms with van der Waals surface area (Å²) >= 11 is 5.83. The lowest BCUT2D eigenvalue weighted by atomic mass is 10.2. The van der Waals surface area contributed by atoms with Crippen LogP contribution in [0.3, 0.4) is 0 Å². The van der Waals surface area contributed by atoms with E-state index in [0.29, 0.717) is 16.3 Å². The number of nitrogens with zero attached hydrogens (tertiary/aromatic N) is 2. The van der Waals surface area contributed by atoms with Crippen LogP contribution in [-0.4, -0.2) is 24.7 Å². The quantitative estimate of drug-likeness (QED) is 0.677. The molecule has 3 aromatic rings. The molecule has 0 spiro atoms. The van der Waals surface area contributed by atoms with E-state index in [2.05, 4.69) is 9.98 Å². The summed E-state index contributed by atoms with van der Waals surface area (Å²) in [4.78, 5) is 8.26. The average molecular weight is 378 g/mol. The van der Waals surface area contributed by atoms with Crippen molar-refractivity contribution in [1.82, 2.24) is 4.98 Å². The lowest BCUT2D eigenvalue weighted by molar-refractivity contribution is 0.337. The third kappa shape index (κ3) is 4.05. The molecule has 0 fully saturated rings. The van der Waals surface area contributed by atoms with Gasteiger partial charge in [-0.15, -0.1) is 0 Å². The van der Waals surface area contributed by atoms with E-state index < -0.39 is 10.0 Å². The molecule has 0 radical (unpaired) electrons. The van der Waals surface area contributed by atoms with Crippen LogP contribution in [0.5, 0.6) is 5.95 Å². The number of aromatic hydroxyl groups is 1. The smallest absolute Gasteiger partial charge is 0.312 e. The molecule has 0 saturated heterocycles. The van der Waals surface area contributed by atoms with Crippen molar-refractivity contribution in [3.05, 3.63) is 59.2 Å². The van der Waals surface area contributed by atoms with Gasteiger partial charge in [0.15, 0.2) is 5.69 Å². The summed E-state index contributed by atoms with van der Waals surface area (Å²) in [6.45, 7) is 0. The van der Waals surface area contributed by atoms with Crippen LogP contribution in [0.2, 0.25) is 5.02 Å². The molecule has 0 amide bonds. The van der Waals surface area contributed by atoms with Gasteiger partial charge in [-0.3, -0.25) is 4.99 Å². The summed E-state index contributed by atoms with van der Waals surface area (Å²) < 4.78 is 27.6. The second kappa shape index (κ2) is 6.67. The molecule has 0 aliphatic rings. The van der Waals surface area contributed by atoms with Crippen molar-refractivity contribution in [2.45, 2.75) is 4.90 Å². The van der Waals surface area contributed by atoms with Crippen molar-refractivity contribution in [2.75, 3.05) is 0 Å². The first kappa shape index (κ1) is 17.2. The normalized spacial score (nSPS) is 11.9. The molecular formula is C16H12ClN3O4S. The Hall–Kier alpha value is -2.68. The SMILES string of the molecule is NS(=O)(=O)c1ccc(N=Cc2nc(-c3ccc(Cl)cc3)oc2O)cc1. The minimum absolute atomic E-state index is 0.0132. The maximum Gasteiger partial charge on any atom is 0.312 e. The van der Waals surface area contributed by atoms with E-state index in [0.717, 1.165) is 0 Å². The Kier molecular flexibility index (Phi) is 4.58. The number of benzene rings is 2. The Balaban J connectivity index is 1.83. The number of nitrogens with two attached hydrogens (primary N) is 1. The van der Waals surface area contributed by atoms with Gasteiger partial charge >= 0.3 is 5.95 Å². The molecule has 0 bridgehead atoms. The van der Waals surface area contributed by atoms with Crippen LogP contribution in [0.1, 0.15) is 5.69 Å². The van der Waals surface area contributed by atoms with Gasteiger partial charge in [-0.05, 0) is 48.5 Å². The van der Waals surface area contributed by atoms with Gasteiger partial charge in [0, 0.05) is 10.6 Å². The van der Waals surface area contributed by atoms with Crippen LogP contribution in [0.4, 0.5) is 5.69 Å². The monoisotopic (exact) mass is 377 g/mol. The van der Waals surface area contributed by atoms with Gasteiger partial charge in [-0.25, -0.2) is 18.5 Å². The number of hydrogen-bond donors (Lipinski definition) is 2. The van der Waals surface area contributed by atoms with Gasteiger partial charge in [-0.1, -0.05) is 11.6 Å². The first-order valence-electron chi connectivity index (χ1n) is 6.95. The van der Waals surface area contributed by atoms with Crippen molar-refractivity contribution in [1.29, 1.82) is 0 Å². The van der Waals surface area contributed by atoms with Crippen molar-refractivity contribution in [3.63, 3.8) is 0 Å². The van der Waals surface area contributed by atoms with Crippen LogP contribution in [0, 0.1) is 0 Å². The predicted octanol–water partition coefficient (Wildman–Crippen LogP) is 3.10. The highest BCUT2D eigenvalue weighted by molar-refractivity contribution is 7.89. The Labute approximate surface area is 148 Å². The van der Waals surface area contributed by atoms with E-state index in [1.807, 2.05) is 0 Å². The van der Waals surface area contributed by atoms with E-state index >= 15 is 0 Å². The molecule has 0 atom stereocenters. The van der Waals surface area contributed by atoms with Crippen LogP contribution in [-0.2, 0) is 10.0 Å². The van der Waals surface area contributed by atoms with Crippen molar-refractivity contribution in [2.24, 2.45) is 10.1 Å². The third-order valence-electron chi connectivity index (χ3n) is 3.23. The van der Waals surface area contributed by atoms with E-state index in [1.54, 1.807) is 24.3 Å². The highest BCUT2D eigenvalue weighted by Gasteiger charge is 2.12. The fraction of sp³-hybridized carbons (Fsp3) is 0. The van der Waals surface area contributed by atoms with E-state index in [9.17, 15) is 13.5 Å². The van der Waals surface area contributed by atoms with Crippen LogP contribution < -0.4 is 5.14 Å². The Morgan fingerprint density at radius 3 is 2.36 bits per heavy atom. The van der Waals surface area contributed by atoms with Crippen LogP contribution in [0.25, 0.3) is 11.5 Å². The largest absolute Gasteiger partial charge is 0.479 e. The van der Waals surface area contributed by atoms with Crippen LogP contribution in [0.15, 0.2) is 62.8 Å². The summed E-state index contributed by atoms with van der Waals surface area (Å²) in [5.41, 5.74) is 1.25. The van der Waals surface area contributed by atoms with Gasteiger partial charge in [0.1, 0.15) is 0 Å². The van der Waals surface area contributed by atoms with Gasteiger partial charge in [0.05, 0.1) is 16.8 Å². The third-order valence-corrected chi connectivity index (χ3v) is 4.41. The van der Waals surface area contributed by atoms with Gasteiger partial charge in [0.2, 0.25) is 15.9 Å². The van der Waals surface area contributed by atoms with Crippen LogP contribution >= 0.6 is 11.6 Å². The molecule has 0 aliphatic heterocycles. The number of aliphatic imine (C=N–C) groups is 1. The number of aromatic nitrogens is 1. The zero-order valence-electron chi connectivity index (χ0n) is 12.6. The van der Waals surface area contributed by atoms with Gasteiger partial charge in [-0.2, -0.15) is 0 Å². The first-order valence-corrected chi connectivity index (χ1v) is 8.88. The average Bonchev–Trinajstić information content (AvgIpc) is 2.94. The predicted molar refractivity (Wildman–Crippen MR) is 93.7 cm³/mol. The minimum atomic E-state index is -3.75. The number of primary sulfonamides is 1. The molecule has 3 N–H and O–H groups in total. The summed E-state index contributed by atoms with van der Waals surface area (Å²) in [6.07, 6.45) is 1.31. The molecule has 0 saturated carbocycles. The molecule has 0 unspecified atom stereocenters. The molecule has 128 valence electrons. The van der Waals surface area contributed by atoms with E-state index in [1.165, 1.54) is 30.5 Å². The first-order chi connectivity index (χ1) is 11.8. The molecule has 2 aromatic carbocycles. The summed E-state index contributed by atoms with van der Waals surface area (Å²) in [5.74, 6) is -0.157. The fourth-order valence-electron chi connectivity index (χ4n) is 1.98. The molecule has 9 heteroatoms. The lowest BCUT2D eigenvalue weighted by Crippen LogP contribution is -2.11. The summed E-state index contributed by atoms with van der Waals surface area (Å²) in [5, 5.41) is 15.4. The second-order valence-electron chi connectivity index (χ2n) is 5.01. The highest BCUT2D eigenvalue weighted by atomic mass is 35.5. The highest BCUT2D eigenvalue weighted by Crippen LogP contribution is 2.27. The zero-order valence-corrected chi connectivity index (χ0v) is 14.2. The molecular weight excluding hydrogens is 366 g/mol. The van der Waals surface area contributed by atoms with Gasteiger partial charge < -0.3 is 9.52 Å². The summed E-state index contributed by atoms with van der Waals surface area (Å²) in [7, 11) is -3.75. The Morgan fingerprint density at radius 2 is 1.76 bits per heavy atom. The fourth-order valence-corrected chi connectivity index (χ4v) is 2.62. The standard InChI is InChI=1S/C16H12ClN3O4S/c17-11-3-1-10(2-4-11)15-20-14(16(21)24-15)9-19-12-5-7-13(8-6-12)25(18,22)23/h1-9,21H,(H2,18,22,23). The maximum atomic E-state index is 11.2. The maximum absolute atomic E-state index is 11.2. The van der Waals surface area contributed by atoms with E-state index in [4.69, 9.17) is 21.2 Å². The number of halogens is 1. The van der Waals surface area contributed by atoms with Crippen molar-refractivity contribution >= 4 is 33.5 Å². The molecule has 0 aliphatic carbocycles. The van der Waals surface area contributed by atoms with Crippen molar-refractivity contribution < 1.29 is 17.9 Å². The molecule has 25 heavy (non-hydrogen) atoms. The van der Waals surface area contributed by atoms with Crippen molar-refractivity contribution in [3.8, 4) is 17.4 Å². The van der Waals surface area contributed by atoms with Gasteiger partial charge in [0.25, 0.3) is 0 Å². The molecule has 3 rings (SSSR count). The second-order valence-corrected chi connectivity index (χ2v) is 7.01. The Morgan fingerprint density at radius 1 is 1.12 bits per heavy atom. The molecule has 1 aromatic heterocycles. The Bertz CT molecular complexity index is 1030. The van der Waals surface area contributed by atoms with E-state index in [-0.39, 0.29) is 22.4 Å². The number of sulfonamides is 1. The summed E-state index contributed by atoms with van der Waals surface area (Å²) in [6, 6.07) is 12.4. The molecule has 1 heterocycles. The number of hydrogen-bond acceptors (Lipinski definition) is 6. The molecule has 7 nitrogen and oxygen atoms in total. The topological polar surface area (TPSA) is 119 Å². The zero-order chi connectivity index (χ0) is 18.0. The lowest BCUT2D eigenvalue weighted by Gasteiger charge is -1.97. The number of oxazole rings is 1.